The highest BCUT2D eigenvalue weighted by atomic mass is 16.3. The van der Waals surface area contributed by atoms with Gasteiger partial charge in [0.2, 0.25) is 5.91 Å². The maximum absolute atomic E-state index is 11.7. The Labute approximate surface area is 92.2 Å². The van der Waals surface area contributed by atoms with Crippen molar-refractivity contribution in [3.8, 4) is 0 Å². The van der Waals surface area contributed by atoms with Gasteiger partial charge in [-0.3, -0.25) is 4.79 Å². The van der Waals surface area contributed by atoms with Crippen molar-refractivity contribution in [2.24, 2.45) is 11.7 Å². The van der Waals surface area contributed by atoms with Gasteiger partial charge in [0.1, 0.15) is 0 Å². The van der Waals surface area contributed by atoms with Crippen LogP contribution in [0.15, 0.2) is 0 Å². The molecule has 0 aliphatic carbocycles. The molecule has 4 nitrogen and oxygen atoms in total. The fourth-order valence-corrected chi connectivity index (χ4v) is 1.02. The van der Waals surface area contributed by atoms with Crippen LogP contribution in [0.4, 0.5) is 0 Å². The Morgan fingerprint density at radius 2 is 1.93 bits per heavy atom. The number of nitrogens with one attached hydrogen (secondary N) is 1. The summed E-state index contributed by atoms with van der Waals surface area (Å²) in [6, 6.07) is -0.506. The lowest BCUT2D eigenvalue weighted by Crippen LogP contribution is -2.56. The highest BCUT2D eigenvalue weighted by molar-refractivity contribution is 5.82. The largest absolute Gasteiger partial charge is 0.391 e. The van der Waals surface area contributed by atoms with Crippen LogP contribution in [0.2, 0.25) is 0 Å². The third-order valence-corrected chi connectivity index (χ3v) is 3.05. The van der Waals surface area contributed by atoms with Gasteiger partial charge in [0.25, 0.3) is 0 Å². The van der Waals surface area contributed by atoms with Gasteiger partial charge in [-0.25, -0.2) is 0 Å². The van der Waals surface area contributed by atoms with Crippen LogP contribution in [0.25, 0.3) is 0 Å². The summed E-state index contributed by atoms with van der Waals surface area (Å²) in [5.41, 5.74) is 5.15. The average Bonchev–Trinajstić information content (AvgIpc) is 2.14. The first-order chi connectivity index (χ1) is 6.72. The number of hydrogen-bond donors (Lipinski definition) is 3. The number of hydrogen-bond acceptors (Lipinski definition) is 3. The molecule has 0 spiro atoms. The van der Waals surface area contributed by atoms with Gasteiger partial charge in [0.15, 0.2) is 0 Å². The number of nitrogens with two attached hydrogens (primary N) is 1. The third-order valence-electron chi connectivity index (χ3n) is 3.05. The minimum absolute atomic E-state index is 0.148. The lowest BCUT2D eigenvalue weighted by molar-refractivity contribution is -0.126. The monoisotopic (exact) mass is 216 g/mol. The zero-order valence-corrected chi connectivity index (χ0v) is 10.4. The molecule has 3 atom stereocenters. The summed E-state index contributed by atoms with van der Waals surface area (Å²) >= 11 is 0. The minimum Gasteiger partial charge on any atom is -0.391 e. The van der Waals surface area contributed by atoms with Crippen molar-refractivity contribution in [2.75, 3.05) is 0 Å². The van der Waals surface area contributed by atoms with Crippen LogP contribution in [0.1, 0.15) is 41.0 Å². The van der Waals surface area contributed by atoms with Gasteiger partial charge in [0, 0.05) is 0 Å². The second kappa shape index (κ2) is 5.47. The van der Waals surface area contributed by atoms with Crippen LogP contribution in [-0.4, -0.2) is 28.7 Å². The molecule has 0 bridgehead atoms. The molecule has 0 aliphatic rings. The second-order valence-electron chi connectivity index (χ2n) is 4.80. The van der Waals surface area contributed by atoms with Gasteiger partial charge in [-0.1, -0.05) is 20.3 Å². The van der Waals surface area contributed by atoms with Crippen LogP contribution in [-0.2, 0) is 4.79 Å². The lowest BCUT2D eigenvalue weighted by Gasteiger charge is -2.31. The summed E-state index contributed by atoms with van der Waals surface area (Å²) in [4.78, 5) is 11.7. The maximum atomic E-state index is 11.7. The summed E-state index contributed by atoms with van der Waals surface area (Å²) in [5.74, 6) is -0.0509. The van der Waals surface area contributed by atoms with E-state index in [0.717, 1.165) is 6.42 Å². The zero-order valence-electron chi connectivity index (χ0n) is 10.4. The topological polar surface area (TPSA) is 75.4 Å². The summed E-state index contributed by atoms with van der Waals surface area (Å²) in [6.07, 6.45) is 0.259. The van der Waals surface area contributed by atoms with Gasteiger partial charge in [0.05, 0.1) is 17.7 Å². The van der Waals surface area contributed by atoms with Gasteiger partial charge < -0.3 is 16.2 Å². The van der Waals surface area contributed by atoms with E-state index in [0.29, 0.717) is 0 Å². The van der Waals surface area contributed by atoms with Crippen molar-refractivity contribution >= 4 is 5.91 Å². The first kappa shape index (κ1) is 14.4. The zero-order chi connectivity index (χ0) is 12.2. The van der Waals surface area contributed by atoms with Gasteiger partial charge in [-0.15, -0.1) is 0 Å². The SMILES string of the molecule is CCC(C)C(N)C(=O)NC(C)(C)C(C)O. The summed E-state index contributed by atoms with van der Waals surface area (Å²) in [5, 5.41) is 12.2. The molecular formula is C11H24N2O2. The Kier molecular flexibility index (Phi) is 5.24. The molecule has 0 aromatic carbocycles. The number of aliphatic hydroxyl groups is 1. The normalized spacial score (nSPS) is 18.1. The van der Waals surface area contributed by atoms with E-state index >= 15 is 0 Å². The first-order valence-corrected chi connectivity index (χ1v) is 5.48. The fourth-order valence-electron chi connectivity index (χ4n) is 1.02. The summed E-state index contributed by atoms with van der Waals surface area (Å²) in [6.45, 7) is 9.14. The molecule has 1 amide bonds. The molecule has 0 aliphatic heterocycles. The lowest BCUT2D eigenvalue weighted by atomic mass is 9.95. The van der Waals surface area contributed by atoms with E-state index in [-0.39, 0.29) is 11.8 Å². The molecule has 0 aromatic rings. The first-order valence-electron chi connectivity index (χ1n) is 5.48. The van der Waals surface area contributed by atoms with E-state index in [1.54, 1.807) is 20.8 Å². The maximum Gasteiger partial charge on any atom is 0.237 e. The van der Waals surface area contributed by atoms with Crippen molar-refractivity contribution in [1.82, 2.24) is 5.32 Å². The molecule has 4 N–H and O–H groups in total. The highest BCUT2D eigenvalue weighted by Crippen LogP contribution is 2.11. The fraction of sp³-hybridized carbons (Fsp3) is 0.909. The Hall–Kier alpha value is -0.610. The quantitative estimate of drug-likeness (QED) is 0.631. The Bertz CT molecular complexity index is 215. The predicted octanol–water partition coefficient (Wildman–Crippen LogP) is 0.635. The van der Waals surface area contributed by atoms with E-state index in [2.05, 4.69) is 5.32 Å². The number of rotatable bonds is 5. The molecule has 0 heterocycles. The van der Waals surface area contributed by atoms with Crippen LogP contribution in [0.5, 0.6) is 0 Å². The number of aliphatic hydroxyl groups excluding tert-OH is 1. The van der Waals surface area contributed by atoms with E-state index in [9.17, 15) is 9.90 Å². The standard InChI is InChI=1S/C11H24N2O2/c1-6-7(2)9(12)10(15)13-11(4,5)8(3)14/h7-9,14H,6,12H2,1-5H3,(H,13,15). The Balaban J connectivity index is 4.37. The molecule has 0 rings (SSSR count). The van der Waals surface area contributed by atoms with Crippen molar-refractivity contribution in [1.29, 1.82) is 0 Å². The molecule has 0 fully saturated rings. The molecule has 3 unspecified atom stereocenters. The minimum atomic E-state index is -0.637. The van der Waals surface area contributed by atoms with Crippen LogP contribution in [0, 0.1) is 5.92 Å². The number of amides is 1. The van der Waals surface area contributed by atoms with Crippen LogP contribution in [0.3, 0.4) is 0 Å². The molecule has 4 heteroatoms. The number of carbonyl (C=O) groups excluding carboxylic acids is 1. The molecular weight excluding hydrogens is 192 g/mol. The highest BCUT2D eigenvalue weighted by Gasteiger charge is 2.29. The van der Waals surface area contributed by atoms with Gasteiger partial charge in [-0.05, 0) is 26.7 Å². The Morgan fingerprint density at radius 1 is 1.47 bits per heavy atom. The van der Waals surface area contributed by atoms with Crippen molar-refractivity contribution in [3.05, 3.63) is 0 Å². The van der Waals surface area contributed by atoms with Crippen molar-refractivity contribution in [2.45, 2.75) is 58.7 Å². The van der Waals surface area contributed by atoms with Crippen LogP contribution < -0.4 is 11.1 Å². The molecule has 0 aromatic heterocycles. The molecule has 0 radical (unpaired) electrons. The predicted molar refractivity (Wildman–Crippen MR) is 61.3 cm³/mol. The van der Waals surface area contributed by atoms with E-state index < -0.39 is 17.7 Å². The van der Waals surface area contributed by atoms with E-state index in [1.807, 2.05) is 13.8 Å². The smallest absolute Gasteiger partial charge is 0.237 e. The summed E-state index contributed by atoms with van der Waals surface area (Å²) in [7, 11) is 0. The van der Waals surface area contributed by atoms with E-state index in [1.165, 1.54) is 0 Å². The molecule has 90 valence electrons. The van der Waals surface area contributed by atoms with Gasteiger partial charge in [-0.2, -0.15) is 0 Å². The molecule has 0 saturated heterocycles. The third kappa shape index (κ3) is 4.18. The molecule has 15 heavy (non-hydrogen) atoms. The van der Waals surface area contributed by atoms with E-state index in [4.69, 9.17) is 5.73 Å². The summed E-state index contributed by atoms with van der Waals surface area (Å²) < 4.78 is 0. The van der Waals surface area contributed by atoms with Crippen molar-refractivity contribution in [3.63, 3.8) is 0 Å². The second-order valence-corrected chi connectivity index (χ2v) is 4.80. The average molecular weight is 216 g/mol. The Morgan fingerprint density at radius 3 is 2.27 bits per heavy atom. The number of carbonyl (C=O) groups is 1. The van der Waals surface area contributed by atoms with Crippen LogP contribution >= 0.6 is 0 Å². The molecule has 0 saturated carbocycles. The van der Waals surface area contributed by atoms with Gasteiger partial charge >= 0.3 is 0 Å². The van der Waals surface area contributed by atoms with Crippen molar-refractivity contribution < 1.29 is 9.90 Å².